The Morgan fingerprint density at radius 2 is 0.800 bits per heavy atom. The molecule has 0 aliphatic carbocycles. The summed E-state index contributed by atoms with van der Waals surface area (Å²) in [6, 6.07) is 6.72. The second-order valence-electron chi connectivity index (χ2n) is 6.43. The lowest BCUT2D eigenvalue weighted by Crippen LogP contribution is -2.18. The van der Waals surface area contributed by atoms with Gasteiger partial charge in [0.05, 0.1) is 0 Å². The van der Waals surface area contributed by atoms with Crippen LogP contribution in [0.4, 0.5) is 0 Å². The summed E-state index contributed by atoms with van der Waals surface area (Å²) < 4.78 is 55.4. The molecule has 0 amide bonds. The Hall–Kier alpha value is -1.70. The van der Waals surface area contributed by atoms with Crippen LogP contribution < -0.4 is 0 Å². The number of rotatable bonds is 4. The van der Waals surface area contributed by atoms with Gasteiger partial charge in [0.25, 0.3) is 0 Å². The molecule has 0 saturated heterocycles. The van der Waals surface area contributed by atoms with Crippen molar-refractivity contribution in [3.05, 3.63) is 57.6 Å². The van der Waals surface area contributed by atoms with Crippen LogP contribution in [0.25, 0.3) is 0 Å². The maximum atomic E-state index is 12.7. The molecule has 0 spiro atoms. The number of aryl methyl sites for hydroxylation is 6. The van der Waals surface area contributed by atoms with Gasteiger partial charge in [-0.15, -0.1) is 3.63 Å². The molecule has 0 saturated carbocycles. The first-order valence-corrected chi connectivity index (χ1v) is 10.5. The van der Waals surface area contributed by atoms with Gasteiger partial charge in [0.15, 0.2) is 0 Å². The lowest BCUT2D eigenvalue weighted by atomic mass is 10.1. The average Bonchev–Trinajstić information content (AvgIpc) is 2.32. The lowest BCUT2D eigenvalue weighted by Gasteiger charge is -2.14. The molecule has 0 aliphatic rings. The molecule has 2 aromatic rings. The van der Waals surface area contributed by atoms with E-state index in [-0.39, 0.29) is 9.79 Å². The van der Waals surface area contributed by atoms with Gasteiger partial charge < -0.3 is 0 Å². The van der Waals surface area contributed by atoms with E-state index in [4.69, 9.17) is 3.63 Å². The van der Waals surface area contributed by atoms with Gasteiger partial charge in [0, 0.05) is 0 Å². The van der Waals surface area contributed by atoms with Crippen molar-refractivity contribution in [3.63, 3.8) is 0 Å². The predicted octanol–water partition coefficient (Wildman–Crippen LogP) is 3.63. The fourth-order valence-electron chi connectivity index (χ4n) is 3.31. The van der Waals surface area contributed by atoms with Crippen LogP contribution in [-0.2, 0) is 23.9 Å². The summed E-state index contributed by atoms with van der Waals surface area (Å²) in [7, 11) is -8.95. The summed E-state index contributed by atoms with van der Waals surface area (Å²) in [6.07, 6.45) is 0. The molecule has 0 fully saturated rings. The third-order valence-electron chi connectivity index (χ3n) is 3.89. The van der Waals surface area contributed by atoms with Gasteiger partial charge in [-0.3, -0.25) is 0 Å². The SMILES string of the molecule is Cc1cc(C)c(S(=O)(=O)OS(=O)(=O)c2c(C)cc(C)cc2C)c(C)c1. The predicted molar refractivity (Wildman–Crippen MR) is 96.8 cm³/mol. The summed E-state index contributed by atoms with van der Waals surface area (Å²) in [5, 5.41) is 0. The fraction of sp³-hybridized carbons (Fsp3) is 0.333. The first-order valence-electron chi connectivity index (χ1n) is 7.72. The zero-order valence-electron chi connectivity index (χ0n) is 15.2. The highest BCUT2D eigenvalue weighted by molar-refractivity contribution is 8.00. The summed E-state index contributed by atoms with van der Waals surface area (Å²) in [4.78, 5) is -0.215. The molecule has 0 radical (unpaired) electrons. The highest BCUT2D eigenvalue weighted by Gasteiger charge is 2.31. The molecule has 0 N–H and O–H groups in total. The lowest BCUT2D eigenvalue weighted by molar-refractivity contribution is 0.460. The second kappa shape index (κ2) is 6.55. The fourth-order valence-corrected chi connectivity index (χ4v) is 6.61. The molecule has 0 aromatic heterocycles. The molecule has 0 bridgehead atoms. The quantitative estimate of drug-likeness (QED) is 0.807. The molecule has 2 rings (SSSR count). The molecule has 25 heavy (non-hydrogen) atoms. The average molecular weight is 383 g/mol. The molecule has 5 nitrogen and oxygen atoms in total. The Morgan fingerprint density at radius 1 is 0.560 bits per heavy atom. The Kier molecular flexibility index (Phi) is 5.14. The minimum Gasteiger partial charge on any atom is -0.193 e. The summed E-state index contributed by atoms with van der Waals surface area (Å²) in [5.41, 5.74) is 3.58. The number of benzene rings is 2. The first-order chi connectivity index (χ1) is 11.3. The Labute approximate surface area is 149 Å². The monoisotopic (exact) mass is 382 g/mol. The third kappa shape index (κ3) is 3.94. The van der Waals surface area contributed by atoms with Gasteiger partial charge in [0.2, 0.25) is 0 Å². The maximum absolute atomic E-state index is 12.7. The van der Waals surface area contributed by atoms with Crippen molar-refractivity contribution in [2.45, 2.75) is 51.3 Å². The van der Waals surface area contributed by atoms with E-state index in [1.807, 2.05) is 13.8 Å². The van der Waals surface area contributed by atoms with Crippen molar-refractivity contribution in [3.8, 4) is 0 Å². The van der Waals surface area contributed by atoms with Crippen LogP contribution in [0, 0.1) is 41.5 Å². The minimum atomic E-state index is -4.48. The molecule has 0 atom stereocenters. The van der Waals surface area contributed by atoms with Gasteiger partial charge in [-0.05, 0) is 63.8 Å². The van der Waals surface area contributed by atoms with Crippen molar-refractivity contribution in [2.75, 3.05) is 0 Å². The second-order valence-corrected chi connectivity index (χ2v) is 9.61. The van der Waals surface area contributed by atoms with E-state index in [9.17, 15) is 16.8 Å². The van der Waals surface area contributed by atoms with E-state index >= 15 is 0 Å². The zero-order chi connectivity index (χ0) is 19.2. The maximum Gasteiger partial charge on any atom is 0.312 e. The van der Waals surface area contributed by atoms with E-state index in [1.54, 1.807) is 52.0 Å². The molecule has 0 unspecified atom stereocenters. The van der Waals surface area contributed by atoms with Crippen LogP contribution >= 0.6 is 0 Å². The molecule has 7 heteroatoms. The highest BCUT2D eigenvalue weighted by atomic mass is 32.3. The third-order valence-corrected chi connectivity index (χ3v) is 7.61. The van der Waals surface area contributed by atoms with Gasteiger partial charge in [0.1, 0.15) is 9.79 Å². The highest BCUT2D eigenvalue weighted by Crippen LogP contribution is 2.29. The van der Waals surface area contributed by atoms with Crippen LogP contribution in [0.3, 0.4) is 0 Å². The smallest absolute Gasteiger partial charge is 0.193 e. The first kappa shape index (κ1) is 19.6. The standard InChI is InChI=1S/C18H22O5S2/c1-11-7-13(3)17(14(4)8-11)24(19,20)23-25(21,22)18-15(5)9-12(2)10-16(18)6/h7-10H,1-6H3. The molecule has 2 aromatic carbocycles. The van der Waals surface area contributed by atoms with Crippen molar-refractivity contribution >= 4 is 20.2 Å². The van der Waals surface area contributed by atoms with Crippen LogP contribution in [0.2, 0.25) is 0 Å². The van der Waals surface area contributed by atoms with Crippen molar-refractivity contribution < 1.29 is 20.5 Å². The van der Waals surface area contributed by atoms with Crippen LogP contribution in [0.15, 0.2) is 34.1 Å². The molecule has 0 heterocycles. The van der Waals surface area contributed by atoms with Gasteiger partial charge in [-0.1, -0.05) is 35.4 Å². The van der Waals surface area contributed by atoms with Crippen molar-refractivity contribution in [1.82, 2.24) is 0 Å². The van der Waals surface area contributed by atoms with Gasteiger partial charge in [-0.2, -0.15) is 16.8 Å². The Morgan fingerprint density at radius 3 is 1.04 bits per heavy atom. The normalized spacial score (nSPS) is 12.4. The zero-order valence-corrected chi connectivity index (χ0v) is 16.8. The van der Waals surface area contributed by atoms with Gasteiger partial charge in [-0.25, -0.2) is 0 Å². The van der Waals surface area contributed by atoms with Crippen molar-refractivity contribution in [2.24, 2.45) is 0 Å². The van der Waals surface area contributed by atoms with Gasteiger partial charge >= 0.3 is 20.2 Å². The van der Waals surface area contributed by atoms with Crippen LogP contribution in [0.1, 0.15) is 33.4 Å². The molecule has 136 valence electrons. The Bertz CT molecular complexity index is 917. The molecular weight excluding hydrogens is 360 g/mol. The van der Waals surface area contributed by atoms with Crippen molar-refractivity contribution in [1.29, 1.82) is 0 Å². The van der Waals surface area contributed by atoms with Crippen LogP contribution in [-0.4, -0.2) is 16.8 Å². The van der Waals surface area contributed by atoms with E-state index in [2.05, 4.69) is 0 Å². The van der Waals surface area contributed by atoms with E-state index in [0.717, 1.165) is 11.1 Å². The summed E-state index contributed by atoms with van der Waals surface area (Å²) >= 11 is 0. The number of hydrogen-bond acceptors (Lipinski definition) is 5. The molecule has 0 aliphatic heterocycles. The van der Waals surface area contributed by atoms with E-state index < -0.39 is 20.2 Å². The largest absolute Gasteiger partial charge is 0.312 e. The summed E-state index contributed by atoms with van der Waals surface area (Å²) in [6.45, 7) is 10.1. The summed E-state index contributed by atoms with van der Waals surface area (Å²) in [5.74, 6) is 0. The minimum absolute atomic E-state index is 0.107. The van der Waals surface area contributed by atoms with E-state index in [0.29, 0.717) is 22.3 Å². The Balaban J connectivity index is 2.59. The van der Waals surface area contributed by atoms with Crippen LogP contribution in [0.5, 0.6) is 0 Å². The molecular formula is C18H22O5S2. The topological polar surface area (TPSA) is 77.5 Å². The van der Waals surface area contributed by atoms with E-state index in [1.165, 1.54) is 0 Å². The number of hydrogen-bond donors (Lipinski definition) is 0.